The quantitative estimate of drug-likeness (QED) is 0.877. The Labute approximate surface area is 138 Å². The molecule has 0 bridgehead atoms. The van der Waals surface area contributed by atoms with Crippen molar-refractivity contribution in [2.75, 3.05) is 6.61 Å². The van der Waals surface area contributed by atoms with E-state index in [0.717, 1.165) is 30.0 Å². The number of aryl methyl sites for hydroxylation is 2. The van der Waals surface area contributed by atoms with E-state index in [1.54, 1.807) is 0 Å². The van der Waals surface area contributed by atoms with Crippen LogP contribution < -0.4 is 5.32 Å². The average Bonchev–Trinajstić information content (AvgIpc) is 2.86. The highest BCUT2D eigenvalue weighted by molar-refractivity contribution is 5.79. The van der Waals surface area contributed by atoms with Crippen molar-refractivity contribution in [3.05, 3.63) is 17.0 Å². The molecule has 23 heavy (non-hydrogen) atoms. The summed E-state index contributed by atoms with van der Waals surface area (Å²) in [6.45, 7) is 6.75. The van der Waals surface area contributed by atoms with Crippen LogP contribution in [0.4, 0.5) is 0 Å². The highest BCUT2D eigenvalue weighted by Gasteiger charge is 2.56. The molecule has 5 nitrogen and oxygen atoms in total. The Hall–Kier alpha value is -1.36. The lowest BCUT2D eigenvalue weighted by atomic mass is 9.55. The summed E-state index contributed by atoms with van der Waals surface area (Å²) in [6.07, 6.45) is 7.91. The number of hydrogen-bond donors (Lipinski definition) is 2. The molecule has 0 radical (unpaired) electrons. The van der Waals surface area contributed by atoms with Crippen molar-refractivity contribution in [1.82, 2.24) is 15.5 Å². The first kappa shape index (κ1) is 16.5. The first-order valence-electron chi connectivity index (χ1n) is 8.98. The van der Waals surface area contributed by atoms with Gasteiger partial charge in [0.15, 0.2) is 0 Å². The molecule has 2 saturated carbocycles. The summed E-state index contributed by atoms with van der Waals surface area (Å²) in [5.41, 5.74) is 3.13. The number of aromatic nitrogens is 2. The number of carbonyl (C=O) groups excluding carboxylic acids is 1. The van der Waals surface area contributed by atoms with Gasteiger partial charge in [0.2, 0.25) is 5.91 Å². The summed E-state index contributed by atoms with van der Waals surface area (Å²) < 4.78 is 5.96. The molecule has 5 heteroatoms. The van der Waals surface area contributed by atoms with Crippen molar-refractivity contribution in [3.63, 3.8) is 0 Å². The minimum absolute atomic E-state index is 0.113. The maximum absolute atomic E-state index is 12.5. The van der Waals surface area contributed by atoms with Gasteiger partial charge in [-0.15, -0.1) is 0 Å². The number of ether oxygens (including phenoxy) is 1. The molecule has 0 aromatic carbocycles. The Morgan fingerprint density at radius 2 is 2.09 bits per heavy atom. The van der Waals surface area contributed by atoms with Gasteiger partial charge in [-0.25, -0.2) is 0 Å². The Balaban J connectivity index is 1.64. The monoisotopic (exact) mass is 319 g/mol. The summed E-state index contributed by atoms with van der Waals surface area (Å²) >= 11 is 0. The van der Waals surface area contributed by atoms with Crippen LogP contribution in [0.15, 0.2) is 0 Å². The molecule has 3 rings (SSSR count). The first-order chi connectivity index (χ1) is 11.1. The van der Waals surface area contributed by atoms with E-state index in [4.69, 9.17) is 4.74 Å². The minimum atomic E-state index is 0.113. The normalized spacial score (nSPS) is 26.0. The fourth-order valence-electron chi connectivity index (χ4n) is 4.51. The van der Waals surface area contributed by atoms with Crippen molar-refractivity contribution in [3.8, 4) is 0 Å². The zero-order valence-corrected chi connectivity index (χ0v) is 14.6. The molecule has 0 unspecified atom stereocenters. The molecule has 2 aliphatic carbocycles. The van der Waals surface area contributed by atoms with E-state index < -0.39 is 0 Å². The predicted octanol–water partition coefficient (Wildman–Crippen LogP) is 2.81. The lowest BCUT2D eigenvalue weighted by Crippen LogP contribution is -2.65. The van der Waals surface area contributed by atoms with Crippen molar-refractivity contribution in [1.29, 1.82) is 0 Å². The molecule has 2 fully saturated rings. The Morgan fingerprint density at radius 3 is 2.70 bits per heavy atom. The van der Waals surface area contributed by atoms with Crippen LogP contribution >= 0.6 is 0 Å². The number of rotatable bonds is 5. The third-order valence-corrected chi connectivity index (χ3v) is 5.89. The van der Waals surface area contributed by atoms with Crippen LogP contribution in [0.2, 0.25) is 0 Å². The van der Waals surface area contributed by atoms with Gasteiger partial charge in [0, 0.05) is 29.3 Å². The highest BCUT2D eigenvalue weighted by atomic mass is 16.5. The van der Waals surface area contributed by atoms with E-state index >= 15 is 0 Å². The Morgan fingerprint density at radius 1 is 1.35 bits per heavy atom. The van der Waals surface area contributed by atoms with Gasteiger partial charge in [-0.3, -0.25) is 9.89 Å². The molecular weight excluding hydrogens is 290 g/mol. The summed E-state index contributed by atoms with van der Waals surface area (Å²) in [5, 5.41) is 10.4. The molecule has 1 heterocycles. The molecule has 2 atom stereocenters. The SMILES string of the molecule is CCO[C@@H]1C[C@H](NC(=O)Cc2c(C)n[nH]c2C)C12CCCCC2. The van der Waals surface area contributed by atoms with Crippen molar-refractivity contribution >= 4 is 5.91 Å². The molecule has 0 saturated heterocycles. The van der Waals surface area contributed by atoms with Gasteiger partial charge in [0.1, 0.15) is 0 Å². The second-order valence-corrected chi connectivity index (χ2v) is 7.18. The van der Waals surface area contributed by atoms with E-state index in [0.29, 0.717) is 12.5 Å². The van der Waals surface area contributed by atoms with Crippen LogP contribution in [0.5, 0.6) is 0 Å². The van der Waals surface area contributed by atoms with Crippen LogP contribution in [0.25, 0.3) is 0 Å². The molecule has 1 aromatic heterocycles. The summed E-state index contributed by atoms with van der Waals surface area (Å²) in [5.74, 6) is 0.113. The first-order valence-corrected chi connectivity index (χ1v) is 8.98. The third-order valence-electron chi connectivity index (χ3n) is 5.89. The number of nitrogens with one attached hydrogen (secondary N) is 2. The van der Waals surface area contributed by atoms with Crippen LogP contribution in [0.1, 0.15) is 62.4 Å². The fraction of sp³-hybridized carbons (Fsp3) is 0.778. The second kappa shape index (κ2) is 6.63. The lowest BCUT2D eigenvalue weighted by Gasteiger charge is -2.57. The van der Waals surface area contributed by atoms with Crippen LogP contribution in [-0.2, 0) is 16.0 Å². The molecule has 1 amide bonds. The zero-order chi connectivity index (χ0) is 16.4. The van der Waals surface area contributed by atoms with E-state index in [2.05, 4.69) is 22.4 Å². The van der Waals surface area contributed by atoms with Gasteiger partial charge in [-0.05, 0) is 40.0 Å². The number of carbonyl (C=O) groups is 1. The van der Waals surface area contributed by atoms with Crippen LogP contribution in [-0.4, -0.2) is 34.9 Å². The average molecular weight is 319 g/mol. The van der Waals surface area contributed by atoms with E-state index in [9.17, 15) is 4.79 Å². The van der Waals surface area contributed by atoms with Crippen molar-refractivity contribution < 1.29 is 9.53 Å². The fourth-order valence-corrected chi connectivity index (χ4v) is 4.51. The topological polar surface area (TPSA) is 67.0 Å². The summed E-state index contributed by atoms with van der Waals surface area (Å²) in [7, 11) is 0. The molecule has 128 valence electrons. The van der Waals surface area contributed by atoms with Gasteiger partial charge in [0.25, 0.3) is 0 Å². The largest absolute Gasteiger partial charge is 0.378 e. The smallest absolute Gasteiger partial charge is 0.224 e. The molecule has 0 aliphatic heterocycles. The predicted molar refractivity (Wildman–Crippen MR) is 89.2 cm³/mol. The Kier molecular flexibility index (Phi) is 4.76. The van der Waals surface area contributed by atoms with E-state index in [1.165, 1.54) is 32.1 Å². The van der Waals surface area contributed by atoms with Crippen molar-refractivity contribution in [2.24, 2.45) is 5.41 Å². The summed E-state index contributed by atoms with van der Waals surface area (Å²) in [6, 6.07) is 0.277. The molecule has 1 spiro atoms. The van der Waals surface area contributed by atoms with Gasteiger partial charge in [0.05, 0.1) is 18.2 Å². The third kappa shape index (κ3) is 3.03. The zero-order valence-electron chi connectivity index (χ0n) is 14.6. The highest BCUT2D eigenvalue weighted by Crippen LogP contribution is 2.53. The number of H-pyrrole nitrogens is 1. The second-order valence-electron chi connectivity index (χ2n) is 7.18. The van der Waals surface area contributed by atoms with E-state index in [1.807, 2.05) is 13.8 Å². The van der Waals surface area contributed by atoms with Gasteiger partial charge in [-0.2, -0.15) is 5.10 Å². The molecule has 2 aliphatic rings. The number of hydrogen-bond acceptors (Lipinski definition) is 3. The standard InChI is InChI=1S/C18H29N3O2/c1-4-23-16-11-15(18(16)8-6-5-7-9-18)19-17(22)10-14-12(2)20-21-13(14)3/h15-16H,4-11H2,1-3H3,(H,19,22)(H,20,21)/t15-,16+/m0/s1. The minimum Gasteiger partial charge on any atom is -0.378 e. The maximum Gasteiger partial charge on any atom is 0.224 e. The Bertz CT molecular complexity index is 541. The molecule has 1 aromatic rings. The lowest BCUT2D eigenvalue weighted by molar-refractivity contribution is -0.156. The number of amides is 1. The number of aromatic amines is 1. The van der Waals surface area contributed by atoms with E-state index in [-0.39, 0.29) is 17.4 Å². The van der Waals surface area contributed by atoms with Gasteiger partial charge >= 0.3 is 0 Å². The molecule has 2 N–H and O–H groups in total. The molecular formula is C18H29N3O2. The van der Waals surface area contributed by atoms with Crippen LogP contribution in [0, 0.1) is 19.3 Å². The van der Waals surface area contributed by atoms with Gasteiger partial charge < -0.3 is 10.1 Å². The summed E-state index contributed by atoms with van der Waals surface area (Å²) in [4.78, 5) is 12.5. The van der Waals surface area contributed by atoms with Crippen LogP contribution in [0.3, 0.4) is 0 Å². The van der Waals surface area contributed by atoms with Gasteiger partial charge in [-0.1, -0.05) is 19.3 Å². The number of nitrogens with zero attached hydrogens (tertiary/aromatic N) is 1. The maximum atomic E-state index is 12.5. The van der Waals surface area contributed by atoms with Crippen molar-refractivity contribution in [2.45, 2.75) is 77.9 Å².